The van der Waals surface area contributed by atoms with Crippen molar-refractivity contribution in [3.8, 4) is 0 Å². The highest BCUT2D eigenvalue weighted by atomic mass is 16.7. The SMILES string of the molecule is CC(CCC(OC[C@@]1(C)OC(COC[C@@]2(C)OC(CO)[C@H](O)C(O)C2O)[C@H](O)C(O)C1OC1(C)OC(CO)[C@H](O)C(O)C1O)C(C)(C)O)[C@H](C)C1CC(O)[C@]2(C)C3CCC(OCC4(C)OC(COCC5(C)OC(CO)[C@@H](O)C(O)C5O)[C@@H](O)C(O)C4O)C(C)(C)C3=CCC2[C@H]1C. The van der Waals surface area contributed by atoms with Gasteiger partial charge in [-0.15, -0.1) is 0 Å². The lowest BCUT2D eigenvalue weighted by molar-refractivity contribution is -0.402. The minimum Gasteiger partial charge on any atom is -0.394 e. The average molecular weight is 1390 g/mol. The van der Waals surface area contributed by atoms with E-state index in [-0.39, 0.29) is 61.4 Å². The van der Waals surface area contributed by atoms with Crippen LogP contribution in [0.2, 0.25) is 0 Å². The van der Waals surface area contributed by atoms with E-state index in [1.807, 2.05) is 0 Å². The van der Waals surface area contributed by atoms with E-state index in [4.69, 9.17) is 47.4 Å². The quantitative estimate of drug-likeness (QED) is 0.0390. The lowest BCUT2D eigenvalue weighted by Gasteiger charge is -2.62. The number of hydrogen-bond acceptors (Lipinski definition) is 29. The van der Waals surface area contributed by atoms with Crippen LogP contribution in [0.3, 0.4) is 0 Å². The summed E-state index contributed by atoms with van der Waals surface area (Å²) in [5.41, 5.74) is -7.99. The molecule has 560 valence electrons. The third kappa shape index (κ3) is 15.3. The fraction of sp³-hybridized carbons (Fsp3) is 0.970. The molecule has 2 saturated carbocycles. The maximum Gasteiger partial charge on any atom is 0.195 e. The molecule has 5 saturated heterocycles. The van der Waals surface area contributed by atoms with Crippen molar-refractivity contribution in [1.82, 2.24) is 0 Å². The lowest BCUT2D eigenvalue weighted by atomic mass is 9.44. The predicted molar refractivity (Wildman–Crippen MR) is 336 cm³/mol. The number of ether oxygens (including phenoxy) is 10. The van der Waals surface area contributed by atoms with Gasteiger partial charge in [0, 0.05) is 10.8 Å². The normalized spacial score (nSPS) is 50.2. The molecule has 0 bridgehead atoms. The van der Waals surface area contributed by atoms with E-state index in [2.05, 4.69) is 47.6 Å². The van der Waals surface area contributed by atoms with Crippen LogP contribution in [-0.2, 0) is 47.4 Å². The summed E-state index contributed by atoms with van der Waals surface area (Å²) in [6.45, 7) is 18.9. The Morgan fingerprint density at radius 1 is 0.531 bits per heavy atom. The average Bonchev–Trinajstić information content (AvgIpc) is 0.714. The zero-order chi connectivity index (χ0) is 71.7. The minimum absolute atomic E-state index is 0.00491. The van der Waals surface area contributed by atoms with Gasteiger partial charge < -0.3 is 144 Å². The minimum atomic E-state index is -2.25. The predicted octanol–water partition coefficient (Wildman–Crippen LogP) is -3.82. The number of allylic oxidation sites excluding steroid dienone is 1. The van der Waals surface area contributed by atoms with Crippen molar-refractivity contribution >= 4 is 0 Å². The van der Waals surface area contributed by atoms with Gasteiger partial charge in [0.15, 0.2) is 5.79 Å². The molecule has 29 heteroatoms. The van der Waals surface area contributed by atoms with Crippen LogP contribution >= 0.6 is 0 Å². The zero-order valence-electron chi connectivity index (χ0n) is 58.0. The molecular weight excluding hydrogens is 1270 g/mol. The molecule has 0 radical (unpaired) electrons. The summed E-state index contributed by atoms with van der Waals surface area (Å²) in [6.07, 6.45) is -28.3. The van der Waals surface area contributed by atoms with E-state index in [0.29, 0.717) is 38.5 Å². The van der Waals surface area contributed by atoms with Crippen LogP contribution in [0.4, 0.5) is 0 Å². The molecule has 0 aromatic rings. The Bertz CT molecular complexity index is 2540. The molecule has 0 aromatic heterocycles. The molecule has 3 aliphatic carbocycles. The highest BCUT2D eigenvalue weighted by molar-refractivity contribution is 5.29. The number of fused-ring (bicyclic) bond motifs is 3. The number of rotatable bonds is 25. The van der Waals surface area contributed by atoms with Crippen LogP contribution < -0.4 is 0 Å². The summed E-state index contributed by atoms with van der Waals surface area (Å²) < 4.78 is 61.6. The van der Waals surface area contributed by atoms with E-state index in [1.165, 1.54) is 33.3 Å². The van der Waals surface area contributed by atoms with Crippen molar-refractivity contribution in [2.45, 2.75) is 303 Å². The fourth-order valence-corrected chi connectivity index (χ4v) is 17.5. The van der Waals surface area contributed by atoms with Crippen LogP contribution in [0.25, 0.3) is 0 Å². The van der Waals surface area contributed by atoms with E-state index >= 15 is 0 Å². The first-order valence-corrected chi connectivity index (χ1v) is 34.4. The molecule has 19 N–H and O–H groups in total. The number of hydrogen-bond donors (Lipinski definition) is 19. The maximum absolute atomic E-state index is 12.6. The van der Waals surface area contributed by atoms with Gasteiger partial charge in [-0.25, -0.2) is 0 Å². The van der Waals surface area contributed by atoms with Gasteiger partial charge in [-0.3, -0.25) is 0 Å². The molecule has 5 aliphatic heterocycles. The van der Waals surface area contributed by atoms with Gasteiger partial charge in [0.2, 0.25) is 0 Å². The third-order valence-corrected chi connectivity index (χ3v) is 24.3. The third-order valence-electron chi connectivity index (χ3n) is 24.3. The van der Waals surface area contributed by atoms with Crippen LogP contribution in [0.15, 0.2) is 11.6 Å². The Kier molecular flexibility index (Phi) is 25.4. The molecule has 29 nitrogen and oxygen atoms in total. The molecular formula is C67H118O29. The molecule has 5 heterocycles. The molecule has 8 rings (SSSR count). The summed E-state index contributed by atoms with van der Waals surface area (Å²) in [5.74, 6) is -1.79. The van der Waals surface area contributed by atoms with E-state index in [0.717, 1.165) is 0 Å². The topological polar surface area (TPSA) is 477 Å². The Hall–Kier alpha value is -1.42. The first-order valence-electron chi connectivity index (χ1n) is 34.4. The van der Waals surface area contributed by atoms with Gasteiger partial charge in [0.05, 0.1) is 83.4 Å². The van der Waals surface area contributed by atoms with Crippen LogP contribution in [0.5, 0.6) is 0 Å². The van der Waals surface area contributed by atoms with Crippen LogP contribution in [0, 0.1) is 46.3 Å². The van der Waals surface area contributed by atoms with Crippen molar-refractivity contribution in [2.75, 3.05) is 59.5 Å². The molecule has 0 spiro atoms. The smallest absolute Gasteiger partial charge is 0.195 e. The van der Waals surface area contributed by atoms with Crippen molar-refractivity contribution in [3.05, 3.63) is 11.6 Å². The fourth-order valence-electron chi connectivity index (χ4n) is 17.5. The second-order valence-corrected chi connectivity index (χ2v) is 32.0. The highest BCUT2D eigenvalue weighted by Crippen LogP contribution is 2.64. The second kappa shape index (κ2) is 30.3. The Morgan fingerprint density at radius 2 is 0.969 bits per heavy atom. The van der Waals surface area contributed by atoms with Crippen molar-refractivity contribution in [2.24, 2.45) is 46.3 Å². The van der Waals surface area contributed by atoms with Gasteiger partial charge in [-0.1, -0.05) is 53.2 Å². The Labute approximate surface area is 562 Å². The zero-order valence-corrected chi connectivity index (χ0v) is 58.0. The van der Waals surface area contributed by atoms with Crippen molar-refractivity contribution in [3.63, 3.8) is 0 Å². The van der Waals surface area contributed by atoms with E-state index in [1.54, 1.807) is 20.8 Å². The van der Waals surface area contributed by atoms with E-state index < -0.39 is 219 Å². The summed E-state index contributed by atoms with van der Waals surface area (Å²) in [7, 11) is 0. The van der Waals surface area contributed by atoms with E-state index in [9.17, 15) is 97.0 Å². The maximum atomic E-state index is 12.6. The molecule has 35 atom stereocenters. The lowest BCUT2D eigenvalue weighted by Crippen LogP contribution is -2.72. The molecule has 96 heavy (non-hydrogen) atoms. The second-order valence-electron chi connectivity index (χ2n) is 32.0. The van der Waals surface area contributed by atoms with Gasteiger partial charge >= 0.3 is 0 Å². The molecule has 0 aromatic carbocycles. The highest BCUT2D eigenvalue weighted by Gasteiger charge is 2.63. The van der Waals surface area contributed by atoms with Crippen LogP contribution in [0.1, 0.15) is 129 Å². The van der Waals surface area contributed by atoms with Gasteiger partial charge in [0.25, 0.3) is 0 Å². The van der Waals surface area contributed by atoms with Gasteiger partial charge in [-0.2, -0.15) is 0 Å². The van der Waals surface area contributed by atoms with Crippen molar-refractivity contribution in [1.29, 1.82) is 0 Å². The summed E-state index contributed by atoms with van der Waals surface area (Å²) in [4.78, 5) is 0. The van der Waals surface area contributed by atoms with Gasteiger partial charge in [0.1, 0.15) is 144 Å². The number of aliphatic hydroxyl groups is 19. The molecule has 25 unspecified atom stereocenters. The first kappa shape index (κ1) is 80.3. The molecule has 8 aliphatic rings. The Morgan fingerprint density at radius 3 is 1.46 bits per heavy atom. The summed E-state index contributed by atoms with van der Waals surface area (Å²) >= 11 is 0. The molecule has 7 fully saturated rings. The number of aliphatic hydroxyl groups excluding tert-OH is 18. The standard InChI is InChI=1S/C67H118O29/c1-30(14-18-44(61(6,7)86)90-29-65(11)59(96-67(13)58(85)53(80)47(74)39(23-70)95-67)54(81)49(76)41(94-65)25-88-27-63(9)56(83)51(78)46(73)38(22-69)92-63)31(2)33-20-42(71)66(12)34(32(33)3)15-16-35-36(66)17-19-43(60(35,4)5)89-28-64(10)57(84)52(79)48(75)40(93-64)24-87-26-62(8)55(82)50(77)45(72)37(21-68)91-62/h16,30-34,36-59,68-86H,14-15,17-29H2,1-13H3/t30?,31-,32-,33?,34?,36?,37?,38?,39?,40?,41?,42?,43?,44?,45+,46-,47-,48+,49-,50?,51?,52?,53?,54?,55?,56?,57?,58?,59?,62?,63+,64?,65+,66-,67?/m0/s1. The monoisotopic (exact) mass is 1390 g/mol. The summed E-state index contributed by atoms with van der Waals surface area (Å²) in [5, 5.41) is 207. The van der Waals surface area contributed by atoms with Gasteiger partial charge in [-0.05, 0) is 122 Å². The van der Waals surface area contributed by atoms with Crippen molar-refractivity contribution < 1.29 is 144 Å². The first-order chi connectivity index (χ1) is 44.5. The molecule has 0 amide bonds. The Balaban J connectivity index is 0.914. The summed E-state index contributed by atoms with van der Waals surface area (Å²) in [6, 6.07) is 0. The van der Waals surface area contributed by atoms with Crippen LogP contribution in [-0.4, -0.2) is 331 Å². The largest absolute Gasteiger partial charge is 0.394 e.